The molecule has 4 nitrogen and oxygen atoms in total. The lowest BCUT2D eigenvalue weighted by atomic mass is 10.1. The van der Waals surface area contributed by atoms with Crippen LogP contribution < -0.4 is 0 Å². The number of likely N-dealkylation sites (N-methyl/N-ethyl adjacent to an activating group) is 1. The van der Waals surface area contributed by atoms with Crippen LogP contribution >= 0.6 is 0 Å². The first kappa shape index (κ1) is 14.1. The Hall–Kier alpha value is -1.81. The average molecular weight is 286 g/mol. The molecule has 1 aromatic carbocycles. The number of aromatic nitrogens is 1. The molecular formula is C17H22N2O2. The molecule has 2 aromatic rings. The fraction of sp³-hybridized carbons (Fsp3) is 0.471. The van der Waals surface area contributed by atoms with Crippen LogP contribution in [0.5, 0.6) is 0 Å². The van der Waals surface area contributed by atoms with Crippen LogP contribution in [0.4, 0.5) is 0 Å². The Morgan fingerprint density at radius 2 is 2.29 bits per heavy atom. The molecule has 1 aliphatic rings. The zero-order chi connectivity index (χ0) is 14.7. The van der Waals surface area contributed by atoms with Crippen LogP contribution in [0.25, 0.3) is 10.9 Å². The molecule has 1 aliphatic heterocycles. The van der Waals surface area contributed by atoms with Gasteiger partial charge in [-0.05, 0) is 31.4 Å². The van der Waals surface area contributed by atoms with Gasteiger partial charge in [0.05, 0.1) is 12.5 Å². The normalized spacial score (nSPS) is 18.2. The van der Waals surface area contributed by atoms with Crippen LogP contribution in [0, 0.1) is 0 Å². The van der Waals surface area contributed by atoms with Crippen LogP contribution in [0.1, 0.15) is 25.3 Å². The SMILES string of the molecule is CCN(CC1CCCO1)C(=O)Cc1c[nH]c2ccccc12. The second-order valence-corrected chi connectivity index (χ2v) is 5.60. The molecule has 21 heavy (non-hydrogen) atoms. The van der Waals surface area contributed by atoms with Gasteiger partial charge in [-0.1, -0.05) is 18.2 Å². The van der Waals surface area contributed by atoms with Gasteiger partial charge in [0.2, 0.25) is 5.91 Å². The van der Waals surface area contributed by atoms with Crippen molar-refractivity contribution in [3.05, 3.63) is 36.0 Å². The topological polar surface area (TPSA) is 45.3 Å². The number of aromatic amines is 1. The van der Waals surface area contributed by atoms with E-state index >= 15 is 0 Å². The maximum absolute atomic E-state index is 12.5. The number of hydrogen-bond donors (Lipinski definition) is 1. The maximum Gasteiger partial charge on any atom is 0.227 e. The van der Waals surface area contributed by atoms with Gasteiger partial charge >= 0.3 is 0 Å². The third-order valence-electron chi connectivity index (χ3n) is 4.20. The molecule has 112 valence electrons. The molecule has 1 fully saturated rings. The van der Waals surface area contributed by atoms with E-state index in [1.54, 1.807) is 0 Å². The van der Waals surface area contributed by atoms with Crippen molar-refractivity contribution in [3.8, 4) is 0 Å². The second-order valence-electron chi connectivity index (χ2n) is 5.60. The first-order chi connectivity index (χ1) is 10.3. The summed E-state index contributed by atoms with van der Waals surface area (Å²) in [5, 5.41) is 1.14. The van der Waals surface area contributed by atoms with Crippen molar-refractivity contribution in [2.24, 2.45) is 0 Å². The highest BCUT2D eigenvalue weighted by molar-refractivity contribution is 5.88. The van der Waals surface area contributed by atoms with E-state index in [2.05, 4.69) is 11.1 Å². The van der Waals surface area contributed by atoms with E-state index in [1.165, 1.54) is 0 Å². The van der Waals surface area contributed by atoms with Gasteiger partial charge in [-0.25, -0.2) is 0 Å². The molecule has 1 unspecified atom stereocenters. The van der Waals surface area contributed by atoms with Crippen molar-refractivity contribution in [3.63, 3.8) is 0 Å². The summed E-state index contributed by atoms with van der Waals surface area (Å²) in [6.45, 7) is 4.32. The van der Waals surface area contributed by atoms with Gasteiger partial charge in [-0.2, -0.15) is 0 Å². The number of carbonyl (C=O) groups excluding carboxylic acids is 1. The summed E-state index contributed by atoms with van der Waals surface area (Å²) in [6.07, 6.45) is 4.79. The van der Waals surface area contributed by atoms with Gasteiger partial charge < -0.3 is 14.6 Å². The molecule has 1 N–H and O–H groups in total. The molecule has 1 atom stereocenters. The van der Waals surface area contributed by atoms with Crippen molar-refractivity contribution < 1.29 is 9.53 Å². The molecule has 0 aliphatic carbocycles. The minimum Gasteiger partial charge on any atom is -0.376 e. The molecule has 0 bridgehead atoms. The molecule has 2 heterocycles. The molecular weight excluding hydrogens is 264 g/mol. The van der Waals surface area contributed by atoms with Crippen molar-refractivity contribution in [1.29, 1.82) is 0 Å². The zero-order valence-corrected chi connectivity index (χ0v) is 12.5. The quantitative estimate of drug-likeness (QED) is 0.918. The summed E-state index contributed by atoms with van der Waals surface area (Å²) >= 11 is 0. The summed E-state index contributed by atoms with van der Waals surface area (Å²) in [7, 11) is 0. The highest BCUT2D eigenvalue weighted by Crippen LogP contribution is 2.19. The fourth-order valence-corrected chi connectivity index (χ4v) is 2.99. The number of fused-ring (bicyclic) bond motifs is 1. The largest absolute Gasteiger partial charge is 0.376 e. The number of benzene rings is 1. The highest BCUT2D eigenvalue weighted by Gasteiger charge is 2.22. The first-order valence-electron chi connectivity index (χ1n) is 7.72. The molecule has 0 radical (unpaired) electrons. The van der Waals surface area contributed by atoms with Gasteiger partial charge in [0.25, 0.3) is 0 Å². The Balaban J connectivity index is 1.69. The number of hydrogen-bond acceptors (Lipinski definition) is 2. The van der Waals surface area contributed by atoms with E-state index in [0.29, 0.717) is 6.42 Å². The summed E-state index contributed by atoms with van der Waals surface area (Å²) in [5.74, 6) is 0.178. The van der Waals surface area contributed by atoms with Crippen molar-refractivity contribution in [2.45, 2.75) is 32.3 Å². The fourth-order valence-electron chi connectivity index (χ4n) is 2.99. The van der Waals surface area contributed by atoms with Crippen LogP contribution in [0.15, 0.2) is 30.5 Å². The van der Waals surface area contributed by atoms with Crippen molar-refractivity contribution in [1.82, 2.24) is 9.88 Å². The second kappa shape index (κ2) is 6.31. The number of amides is 1. The Morgan fingerprint density at radius 3 is 3.05 bits per heavy atom. The third-order valence-corrected chi connectivity index (χ3v) is 4.20. The van der Waals surface area contributed by atoms with Crippen molar-refractivity contribution in [2.75, 3.05) is 19.7 Å². The standard InChI is InChI=1S/C17H22N2O2/c1-2-19(12-14-6-5-9-21-14)17(20)10-13-11-18-16-8-4-3-7-15(13)16/h3-4,7-8,11,14,18H,2,5-6,9-10,12H2,1H3. The maximum atomic E-state index is 12.5. The Kier molecular flexibility index (Phi) is 4.25. The predicted molar refractivity (Wildman–Crippen MR) is 83.2 cm³/mol. The van der Waals surface area contributed by atoms with Gasteiger partial charge in [0, 0.05) is 36.8 Å². The third kappa shape index (κ3) is 3.10. The number of rotatable bonds is 5. The van der Waals surface area contributed by atoms with Crippen LogP contribution in [0.3, 0.4) is 0 Å². The molecule has 1 saturated heterocycles. The smallest absolute Gasteiger partial charge is 0.227 e. The van der Waals surface area contributed by atoms with E-state index < -0.39 is 0 Å². The molecule has 0 spiro atoms. The van der Waals surface area contributed by atoms with Crippen LogP contribution in [0.2, 0.25) is 0 Å². The summed E-state index contributed by atoms with van der Waals surface area (Å²) in [5.41, 5.74) is 2.16. The van der Waals surface area contributed by atoms with Gasteiger partial charge in [0.1, 0.15) is 0 Å². The molecule has 1 amide bonds. The Labute approximate surface area is 125 Å². The Morgan fingerprint density at radius 1 is 1.43 bits per heavy atom. The molecule has 4 heteroatoms. The van der Waals surface area contributed by atoms with Crippen LogP contribution in [-0.4, -0.2) is 41.6 Å². The molecule has 1 aromatic heterocycles. The minimum absolute atomic E-state index is 0.178. The number of para-hydroxylation sites is 1. The highest BCUT2D eigenvalue weighted by atomic mass is 16.5. The van der Waals surface area contributed by atoms with E-state index in [1.807, 2.05) is 36.2 Å². The summed E-state index contributed by atoms with van der Waals surface area (Å²) in [4.78, 5) is 17.7. The number of carbonyl (C=O) groups is 1. The number of ether oxygens (including phenoxy) is 1. The summed E-state index contributed by atoms with van der Waals surface area (Å²) < 4.78 is 5.64. The van der Waals surface area contributed by atoms with Crippen LogP contribution in [-0.2, 0) is 16.0 Å². The Bertz CT molecular complexity index is 614. The lowest BCUT2D eigenvalue weighted by molar-refractivity contribution is -0.131. The number of nitrogens with one attached hydrogen (secondary N) is 1. The molecule has 0 saturated carbocycles. The van der Waals surface area contributed by atoms with Gasteiger partial charge in [-0.3, -0.25) is 4.79 Å². The van der Waals surface area contributed by atoms with Gasteiger partial charge in [0.15, 0.2) is 0 Å². The lowest BCUT2D eigenvalue weighted by Crippen LogP contribution is -2.38. The average Bonchev–Trinajstić information content (AvgIpc) is 3.15. The molecule has 3 rings (SSSR count). The van der Waals surface area contributed by atoms with Crippen molar-refractivity contribution >= 4 is 16.8 Å². The first-order valence-corrected chi connectivity index (χ1v) is 7.72. The van der Waals surface area contributed by atoms with E-state index in [4.69, 9.17) is 4.74 Å². The van der Waals surface area contributed by atoms with Gasteiger partial charge in [-0.15, -0.1) is 0 Å². The van der Waals surface area contributed by atoms with E-state index in [9.17, 15) is 4.79 Å². The summed E-state index contributed by atoms with van der Waals surface area (Å²) in [6, 6.07) is 8.10. The van der Waals surface area contributed by atoms with E-state index in [0.717, 1.165) is 49.0 Å². The van der Waals surface area contributed by atoms with E-state index in [-0.39, 0.29) is 12.0 Å². The lowest BCUT2D eigenvalue weighted by Gasteiger charge is -2.24. The zero-order valence-electron chi connectivity index (χ0n) is 12.5. The number of H-pyrrole nitrogens is 1. The monoisotopic (exact) mass is 286 g/mol. The minimum atomic E-state index is 0.178. The number of nitrogens with zero attached hydrogens (tertiary/aromatic N) is 1. The predicted octanol–water partition coefficient (Wildman–Crippen LogP) is 2.74.